The first-order valence-electron chi connectivity index (χ1n) is 5.84. The van der Waals surface area contributed by atoms with E-state index in [2.05, 4.69) is 10.5 Å². The summed E-state index contributed by atoms with van der Waals surface area (Å²) >= 11 is 5.77. The third-order valence-corrected chi connectivity index (χ3v) is 2.65. The summed E-state index contributed by atoms with van der Waals surface area (Å²) in [4.78, 5) is 10.3. The van der Waals surface area contributed by atoms with E-state index in [1.54, 1.807) is 12.1 Å². The Morgan fingerprint density at radius 3 is 2.50 bits per heavy atom. The van der Waals surface area contributed by atoms with Crippen LogP contribution in [0, 0.1) is 0 Å². The molecule has 0 bridgehead atoms. The predicted molar refractivity (Wildman–Crippen MR) is 74.3 cm³/mol. The largest absolute Gasteiger partial charge is 0.481 e. The minimum atomic E-state index is -0.746. The molecular formula is C13H17ClN2O2. The molecule has 0 fully saturated rings. The molecule has 0 aliphatic rings. The van der Waals surface area contributed by atoms with Crippen molar-refractivity contribution in [2.75, 3.05) is 5.43 Å². The van der Waals surface area contributed by atoms with Crippen molar-refractivity contribution < 1.29 is 9.90 Å². The molecule has 0 aromatic heterocycles. The molecule has 0 aliphatic carbocycles. The number of carboxylic acids is 1. The fourth-order valence-electron chi connectivity index (χ4n) is 1.40. The van der Waals surface area contributed by atoms with Crippen LogP contribution in [-0.2, 0) is 4.79 Å². The summed E-state index contributed by atoms with van der Waals surface area (Å²) < 4.78 is 0. The lowest BCUT2D eigenvalue weighted by molar-refractivity contribution is -0.137. The molecule has 1 aromatic rings. The number of hydrogen-bond donors (Lipinski definition) is 2. The topological polar surface area (TPSA) is 61.7 Å². The molecule has 0 spiro atoms. The van der Waals surface area contributed by atoms with Gasteiger partial charge in [0.05, 0.1) is 5.69 Å². The molecule has 98 valence electrons. The highest BCUT2D eigenvalue weighted by molar-refractivity contribution is 6.30. The second-order valence-electron chi connectivity index (χ2n) is 4.07. The molecule has 0 aliphatic heterocycles. The molecular weight excluding hydrogens is 252 g/mol. The number of hydrogen-bond acceptors (Lipinski definition) is 3. The first-order valence-corrected chi connectivity index (χ1v) is 6.22. The number of carboxylic acid groups (broad SMARTS) is 1. The summed E-state index contributed by atoms with van der Waals surface area (Å²) in [5.41, 5.74) is 4.77. The molecule has 18 heavy (non-hydrogen) atoms. The van der Waals surface area contributed by atoms with Gasteiger partial charge in [-0.1, -0.05) is 11.6 Å². The van der Waals surface area contributed by atoms with Crippen LogP contribution in [0.2, 0.25) is 5.02 Å². The van der Waals surface area contributed by atoms with Crippen molar-refractivity contribution in [3.05, 3.63) is 29.3 Å². The highest BCUT2D eigenvalue weighted by atomic mass is 35.5. The van der Waals surface area contributed by atoms with E-state index in [4.69, 9.17) is 16.7 Å². The number of unbranched alkanes of at least 4 members (excludes halogenated alkanes) is 1. The van der Waals surface area contributed by atoms with E-state index in [1.807, 2.05) is 19.1 Å². The van der Waals surface area contributed by atoms with Gasteiger partial charge in [-0.05, 0) is 50.5 Å². The van der Waals surface area contributed by atoms with E-state index in [1.165, 1.54) is 0 Å². The van der Waals surface area contributed by atoms with Crippen LogP contribution >= 0.6 is 11.6 Å². The van der Waals surface area contributed by atoms with Crippen LogP contribution in [0.5, 0.6) is 0 Å². The number of nitrogens with one attached hydrogen (secondary N) is 1. The van der Waals surface area contributed by atoms with Crippen LogP contribution in [0.15, 0.2) is 29.4 Å². The van der Waals surface area contributed by atoms with Gasteiger partial charge in [-0.3, -0.25) is 10.2 Å². The number of halogens is 1. The Kier molecular flexibility index (Phi) is 6.22. The Morgan fingerprint density at radius 1 is 1.28 bits per heavy atom. The fourth-order valence-corrected chi connectivity index (χ4v) is 1.52. The number of nitrogens with zero attached hydrogens (tertiary/aromatic N) is 1. The highest BCUT2D eigenvalue weighted by Gasteiger charge is 1.98. The molecule has 1 aromatic carbocycles. The second-order valence-corrected chi connectivity index (χ2v) is 4.50. The number of benzene rings is 1. The lowest BCUT2D eigenvalue weighted by atomic mass is 10.1. The third-order valence-electron chi connectivity index (χ3n) is 2.40. The van der Waals surface area contributed by atoms with E-state index in [9.17, 15) is 4.79 Å². The predicted octanol–water partition coefficient (Wildman–Crippen LogP) is 3.77. The standard InChI is InChI=1S/C13H17ClN2O2/c1-10(4-2-3-5-13(17)18)15-16-12-8-6-11(14)7-9-12/h6-9,16H,2-5H2,1H3,(H,17,18)/b15-10-. The Bertz CT molecular complexity index is 416. The molecule has 0 atom stereocenters. The van der Waals surface area contributed by atoms with Gasteiger partial charge in [-0.25, -0.2) is 0 Å². The van der Waals surface area contributed by atoms with Crippen LogP contribution in [0.1, 0.15) is 32.6 Å². The molecule has 1 rings (SSSR count). The van der Waals surface area contributed by atoms with Crippen LogP contribution in [0.25, 0.3) is 0 Å². The number of hydrazone groups is 1. The van der Waals surface area contributed by atoms with Gasteiger partial charge < -0.3 is 5.11 Å². The van der Waals surface area contributed by atoms with Gasteiger partial charge in [-0.2, -0.15) is 5.10 Å². The normalized spacial score (nSPS) is 11.3. The zero-order valence-electron chi connectivity index (χ0n) is 10.3. The van der Waals surface area contributed by atoms with Gasteiger partial charge in [0.2, 0.25) is 0 Å². The van der Waals surface area contributed by atoms with Crippen LogP contribution in [0.4, 0.5) is 5.69 Å². The van der Waals surface area contributed by atoms with Crippen molar-refractivity contribution in [2.24, 2.45) is 5.10 Å². The van der Waals surface area contributed by atoms with Gasteiger partial charge in [0.25, 0.3) is 0 Å². The van der Waals surface area contributed by atoms with Crippen molar-refractivity contribution in [3.63, 3.8) is 0 Å². The van der Waals surface area contributed by atoms with Gasteiger partial charge in [0, 0.05) is 17.2 Å². The molecule has 5 heteroatoms. The molecule has 0 unspecified atom stereocenters. The van der Waals surface area contributed by atoms with Crippen LogP contribution in [-0.4, -0.2) is 16.8 Å². The molecule has 0 radical (unpaired) electrons. The Labute approximate surface area is 112 Å². The van der Waals surface area contributed by atoms with E-state index in [-0.39, 0.29) is 6.42 Å². The van der Waals surface area contributed by atoms with Crippen molar-refractivity contribution in [1.82, 2.24) is 0 Å². The number of rotatable bonds is 7. The van der Waals surface area contributed by atoms with Gasteiger partial charge in [0.15, 0.2) is 0 Å². The van der Waals surface area contributed by atoms with Crippen molar-refractivity contribution in [3.8, 4) is 0 Å². The summed E-state index contributed by atoms with van der Waals surface area (Å²) in [5, 5.41) is 13.4. The first kappa shape index (κ1) is 14.5. The van der Waals surface area contributed by atoms with E-state index in [0.29, 0.717) is 11.4 Å². The van der Waals surface area contributed by atoms with E-state index in [0.717, 1.165) is 24.2 Å². The Morgan fingerprint density at radius 2 is 1.89 bits per heavy atom. The quantitative estimate of drug-likeness (QED) is 0.449. The molecule has 0 amide bonds. The number of anilines is 1. The summed E-state index contributed by atoms with van der Waals surface area (Å²) in [5.74, 6) is -0.746. The zero-order valence-corrected chi connectivity index (χ0v) is 11.1. The van der Waals surface area contributed by atoms with E-state index >= 15 is 0 Å². The lowest BCUT2D eigenvalue weighted by Gasteiger charge is -2.03. The summed E-state index contributed by atoms with van der Waals surface area (Å²) in [7, 11) is 0. The maximum absolute atomic E-state index is 10.3. The second kappa shape index (κ2) is 7.71. The van der Waals surface area contributed by atoms with Gasteiger partial charge >= 0.3 is 5.97 Å². The molecule has 0 heterocycles. The third kappa shape index (κ3) is 6.25. The molecule has 0 saturated carbocycles. The van der Waals surface area contributed by atoms with Gasteiger partial charge in [0.1, 0.15) is 0 Å². The van der Waals surface area contributed by atoms with Crippen molar-refractivity contribution >= 4 is 29.0 Å². The summed E-state index contributed by atoms with van der Waals surface area (Å²) in [6, 6.07) is 7.29. The van der Waals surface area contributed by atoms with Crippen molar-refractivity contribution in [2.45, 2.75) is 32.6 Å². The Balaban J connectivity index is 2.28. The zero-order chi connectivity index (χ0) is 13.4. The maximum atomic E-state index is 10.3. The molecule has 2 N–H and O–H groups in total. The smallest absolute Gasteiger partial charge is 0.303 e. The van der Waals surface area contributed by atoms with Crippen LogP contribution < -0.4 is 5.43 Å². The van der Waals surface area contributed by atoms with Crippen LogP contribution in [0.3, 0.4) is 0 Å². The first-order chi connectivity index (χ1) is 8.58. The number of carbonyl (C=O) groups is 1. The highest BCUT2D eigenvalue weighted by Crippen LogP contribution is 2.13. The van der Waals surface area contributed by atoms with Crippen molar-refractivity contribution in [1.29, 1.82) is 0 Å². The lowest BCUT2D eigenvalue weighted by Crippen LogP contribution is -1.99. The summed E-state index contributed by atoms with van der Waals surface area (Å²) in [6.45, 7) is 1.92. The average molecular weight is 269 g/mol. The maximum Gasteiger partial charge on any atom is 0.303 e. The minimum absolute atomic E-state index is 0.220. The van der Waals surface area contributed by atoms with E-state index < -0.39 is 5.97 Å². The molecule has 4 nitrogen and oxygen atoms in total. The molecule has 0 saturated heterocycles. The minimum Gasteiger partial charge on any atom is -0.481 e. The average Bonchev–Trinajstić information content (AvgIpc) is 2.34. The monoisotopic (exact) mass is 268 g/mol. The SMILES string of the molecule is C/C(CCCCC(=O)O)=N/Nc1ccc(Cl)cc1. The fraction of sp³-hybridized carbons (Fsp3) is 0.385. The van der Waals surface area contributed by atoms with Gasteiger partial charge in [-0.15, -0.1) is 0 Å². The summed E-state index contributed by atoms with van der Waals surface area (Å²) in [6.07, 6.45) is 2.54. The Hall–Kier alpha value is -1.55. The number of aliphatic carboxylic acids is 1.